The van der Waals surface area contributed by atoms with Gasteiger partial charge in [-0.1, -0.05) is 19.9 Å². The zero-order valence-corrected chi connectivity index (χ0v) is 15.0. The zero-order valence-electron chi connectivity index (χ0n) is 15.0. The van der Waals surface area contributed by atoms with Crippen LogP contribution in [0, 0.1) is 5.41 Å². The van der Waals surface area contributed by atoms with Crippen molar-refractivity contribution in [3.8, 4) is 0 Å². The zero-order chi connectivity index (χ0) is 17.6. The van der Waals surface area contributed by atoms with E-state index in [0.717, 1.165) is 43.9 Å². The number of nitrogens with two attached hydrogens (primary N) is 1. The maximum Gasteiger partial charge on any atom is 0.227 e. The van der Waals surface area contributed by atoms with Gasteiger partial charge in [-0.3, -0.25) is 4.79 Å². The van der Waals surface area contributed by atoms with E-state index in [-0.39, 0.29) is 12.0 Å². The van der Waals surface area contributed by atoms with Crippen LogP contribution in [0.25, 0.3) is 0 Å². The van der Waals surface area contributed by atoms with E-state index in [1.165, 1.54) is 0 Å². The molecule has 1 aliphatic rings. The first-order valence-corrected chi connectivity index (χ1v) is 8.84. The Bertz CT molecular complexity index is 520. The molecule has 6 heteroatoms. The van der Waals surface area contributed by atoms with Gasteiger partial charge in [0.15, 0.2) is 0 Å². The highest BCUT2D eigenvalue weighted by Gasteiger charge is 2.32. The third kappa shape index (κ3) is 4.24. The lowest BCUT2D eigenvalue weighted by Gasteiger charge is -2.32. The summed E-state index contributed by atoms with van der Waals surface area (Å²) in [5.41, 5.74) is 6.35. The van der Waals surface area contributed by atoms with Gasteiger partial charge in [0.2, 0.25) is 5.91 Å². The first-order valence-electron chi connectivity index (χ1n) is 8.84. The summed E-state index contributed by atoms with van der Waals surface area (Å²) in [7, 11) is 0. The van der Waals surface area contributed by atoms with Crippen LogP contribution >= 0.6 is 0 Å². The first kappa shape index (κ1) is 18.7. The molecule has 0 aromatic carbocycles. The Morgan fingerprint density at radius 1 is 1.46 bits per heavy atom. The van der Waals surface area contributed by atoms with Gasteiger partial charge in [-0.05, 0) is 31.4 Å². The van der Waals surface area contributed by atoms with Gasteiger partial charge in [0, 0.05) is 32.4 Å². The number of hydrogen-bond acceptors (Lipinski definition) is 5. The van der Waals surface area contributed by atoms with Gasteiger partial charge in [0.05, 0.1) is 18.1 Å². The number of morpholine rings is 1. The number of nitrogens with zero attached hydrogens (tertiary/aromatic N) is 2. The van der Waals surface area contributed by atoms with Crippen LogP contribution in [0.3, 0.4) is 0 Å². The van der Waals surface area contributed by atoms with Crippen molar-refractivity contribution >= 4 is 11.7 Å². The molecule has 0 spiro atoms. The van der Waals surface area contributed by atoms with Crippen LogP contribution in [-0.2, 0) is 16.1 Å². The Morgan fingerprint density at radius 3 is 2.75 bits per heavy atom. The molecule has 6 nitrogen and oxygen atoms in total. The normalized spacial score (nSPS) is 18.5. The lowest BCUT2D eigenvalue weighted by atomic mass is 9.81. The van der Waals surface area contributed by atoms with Crippen LogP contribution in [0.1, 0.15) is 39.2 Å². The highest BCUT2D eigenvalue weighted by molar-refractivity contribution is 5.82. The first-order chi connectivity index (χ1) is 11.5. The Kier molecular flexibility index (Phi) is 6.57. The Morgan fingerprint density at radius 2 is 2.21 bits per heavy atom. The molecule has 2 rings (SSSR count). The van der Waals surface area contributed by atoms with Crippen molar-refractivity contribution in [1.29, 1.82) is 0 Å². The van der Waals surface area contributed by atoms with Gasteiger partial charge in [0.25, 0.3) is 0 Å². The third-order valence-electron chi connectivity index (χ3n) is 5.05. The summed E-state index contributed by atoms with van der Waals surface area (Å²) < 4.78 is 5.55. The van der Waals surface area contributed by atoms with Crippen LogP contribution in [0.5, 0.6) is 0 Å². The van der Waals surface area contributed by atoms with Crippen LogP contribution in [0.15, 0.2) is 18.3 Å². The second-order valence-corrected chi connectivity index (χ2v) is 6.53. The van der Waals surface area contributed by atoms with Crippen molar-refractivity contribution in [2.24, 2.45) is 11.1 Å². The predicted octanol–water partition coefficient (Wildman–Crippen LogP) is 1.69. The Labute approximate surface area is 144 Å². The maximum absolute atomic E-state index is 12.4. The fourth-order valence-corrected chi connectivity index (χ4v) is 3.06. The molecule has 1 aliphatic heterocycles. The smallest absolute Gasteiger partial charge is 0.227 e. The third-order valence-corrected chi connectivity index (χ3v) is 5.05. The number of nitrogens with one attached hydrogen (secondary N) is 1. The second-order valence-electron chi connectivity index (χ2n) is 6.53. The molecule has 0 aliphatic carbocycles. The average Bonchev–Trinajstić information content (AvgIpc) is 2.62. The van der Waals surface area contributed by atoms with Crippen molar-refractivity contribution in [3.05, 3.63) is 23.9 Å². The van der Waals surface area contributed by atoms with Crippen LogP contribution < -0.4 is 16.0 Å². The fraction of sp³-hybridized carbons (Fsp3) is 0.667. The number of anilines is 1. The number of carbonyl (C=O) groups is 1. The van der Waals surface area contributed by atoms with E-state index in [9.17, 15) is 4.79 Å². The minimum absolute atomic E-state index is 0.0288. The fourth-order valence-electron chi connectivity index (χ4n) is 3.06. The summed E-state index contributed by atoms with van der Waals surface area (Å²) in [6.07, 6.45) is 3.56. The molecule has 1 fully saturated rings. The summed E-state index contributed by atoms with van der Waals surface area (Å²) in [5, 5.41) is 3.01. The number of rotatable bonds is 7. The molecule has 24 heavy (non-hydrogen) atoms. The number of hydrogen-bond donors (Lipinski definition) is 2. The van der Waals surface area contributed by atoms with E-state index in [0.29, 0.717) is 13.1 Å². The number of aromatic nitrogens is 1. The summed E-state index contributed by atoms with van der Waals surface area (Å²) >= 11 is 0. The van der Waals surface area contributed by atoms with Gasteiger partial charge in [-0.15, -0.1) is 0 Å². The van der Waals surface area contributed by atoms with Crippen molar-refractivity contribution in [2.45, 2.75) is 46.3 Å². The minimum atomic E-state index is -0.461. The van der Waals surface area contributed by atoms with Gasteiger partial charge in [-0.2, -0.15) is 0 Å². The van der Waals surface area contributed by atoms with Gasteiger partial charge < -0.3 is 20.7 Å². The Balaban J connectivity index is 1.93. The van der Waals surface area contributed by atoms with Gasteiger partial charge in [0.1, 0.15) is 5.82 Å². The summed E-state index contributed by atoms with van der Waals surface area (Å²) in [6.45, 7) is 9.39. The molecule has 1 unspecified atom stereocenters. The SMILES string of the molecule is CCC(CC)(CN)C(=O)NCc1ccc(N2CCOC(C)C2)nc1. The molecular formula is C18H30N4O2. The standard InChI is InChI=1S/C18H30N4O2/c1-4-18(5-2,13-19)17(23)21-11-15-6-7-16(20-10-15)22-8-9-24-14(3)12-22/h6-7,10,14H,4-5,8-9,11-13,19H2,1-3H3,(H,21,23). The van der Waals surface area contributed by atoms with Crippen molar-refractivity contribution < 1.29 is 9.53 Å². The van der Waals surface area contributed by atoms with Gasteiger partial charge in [-0.25, -0.2) is 4.98 Å². The van der Waals surface area contributed by atoms with E-state index in [1.807, 2.05) is 32.2 Å². The molecule has 0 bridgehead atoms. The topological polar surface area (TPSA) is 80.5 Å². The van der Waals surface area contributed by atoms with E-state index in [4.69, 9.17) is 10.5 Å². The summed E-state index contributed by atoms with van der Waals surface area (Å²) in [5.74, 6) is 0.986. The molecule has 1 aromatic heterocycles. The van der Waals surface area contributed by atoms with Crippen LogP contribution in [-0.4, -0.2) is 43.2 Å². The molecule has 1 aromatic rings. The van der Waals surface area contributed by atoms with Crippen molar-refractivity contribution in [3.63, 3.8) is 0 Å². The van der Waals surface area contributed by atoms with Crippen LogP contribution in [0.4, 0.5) is 5.82 Å². The minimum Gasteiger partial charge on any atom is -0.375 e. The van der Waals surface area contributed by atoms with Gasteiger partial charge >= 0.3 is 0 Å². The molecule has 134 valence electrons. The largest absolute Gasteiger partial charge is 0.375 e. The second kappa shape index (κ2) is 8.44. The van der Waals surface area contributed by atoms with E-state index < -0.39 is 5.41 Å². The number of pyridine rings is 1. The molecule has 3 N–H and O–H groups in total. The lowest BCUT2D eigenvalue weighted by Crippen LogP contribution is -2.45. The molecule has 2 heterocycles. The summed E-state index contributed by atoms with van der Waals surface area (Å²) in [6, 6.07) is 4.03. The van der Waals surface area contributed by atoms with E-state index in [1.54, 1.807) is 0 Å². The van der Waals surface area contributed by atoms with Crippen molar-refractivity contribution in [1.82, 2.24) is 10.3 Å². The highest BCUT2D eigenvalue weighted by atomic mass is 16.5. The van der Waals surface area contributed by atoms with E-state index >= 15 is 0 Å². The molecule has 1 saturated heterocycles. The monoisotopic (exact) mass is 334 g/mol. The molecule has 1 atom stereocenters. The quantitative estimate of drug-likeness (QED) is 0.793. The highest BCUT2D eigenvalue weighted by Crippen LogP contribution is 2.25. The van der Waals surface area contributed by atoms with Crippen molar-refractivity contribution in [2.75, 3.05) is 31.1 Å². The molecule has 1 amide bonds. The molecular weight excluding hydrogens is 304 g/mol. The van der Waals surface area contributed by atoms with Crippen LogP contribution in [0.2, 0.25) is 0 Å². The Hall–Kier alpha value is -1.66. The van der Waals surface area contributed by atoms with E-state index in [2.05, 4.69) is 22.1 Å². The number of carbonyl (C=O) groups excluding carboxylic acids is 1. The average molecular weight is 334 g/mol. The molecule has 0 radical (unpaired) electrons. The number of ether oxygens (including phenoxy) is 1. The predicted molar refractivity (Wildman–Crippen MR) is 95.8 cm³/mol. The maximum atomic E-state index is 12.4. The number of amides is 1. The molecule has 0 saturated carbocycles. The summed E-state index contributed by atoms with van der Waals surface area (Å²) in [4.78, 5) is 19.2. The lowest BCUT2D eigenvalue weighted by molar-refractivity contribution is -0.131.